The minimum Gasteiger partial charge on any atom is -0.324 e. The van der Waals surface area contributed by atoms with Crippen LogP contribution >= 0.6 is 23.2 Å². The van der Waals surface area contributed by atoms with Gasteiger partial charge in [-0.05, 0) is 31.0 Å². The molecule has 0 aliphatic heterocycles. The second-order valence-corrected chi connectivity index (χ2v) is 8.35. The van der Waals surface area contributed by atoms with Gasteiger partial charge >= 0.3 is 0 Å². The van der Waals surface area contributed by atoms with Crippen LogP contribution < -0.4 is 10.5 Å². The molecule has 0 radical (unpaired) electrons. The number of hydrogen-bond acceptors (Lipinski definition) is 3. The van der Waals surface area contributed by atoms with E-state index in [0.29, 0.717) is 10.0 Å². The molecule has 1 aromatic carbocycles. The topological polar surface area (TPSA) is 72.2 Å². The Morgan fingerprint density at radius 2 is 1.57 bits per heavy atom. The number of hydrogen-bond donors (Lipinski definition) is 2. The molecule has 7 heteroatoms. The molecule has 1 aliphatic carbocycles. The number of halogens is 2. The van der Waals surface area contributed by atoms with Crippen molar-refractivity contribution in [3.8, 4) is 0 Å². The van der Waals surface area contributed by atoms with Crippen molar-refractivity contribution >= 4 is 33.2 Å². The molecule has 0 unspecified atom stereocenters. The molecule has 3 N–H and O–H groups in total. The third kappa shape index (κ3) is 4.83. The van der Waals surface area contributed by atoms with Gasteiger partial charge in [0.1, 0.15) is 0 Å². The summed E-state index contributed by atoms with van der Waals surface area (Å²) in [6.07, 6.45) is 6.09. The Labute approximate surface area is 136 Å². The van der Waals surface area contributed by atoms with E-state index in [-0.39, 0.29) is 11.4 Å². The molecule has 0 saturated heterocycles. The van der Waals surface area contributed by atoms with Crippen LogP contribution in [0.15, 0.2) is 23.1 Å². The second-order valence-electron chi connectivity index (χ2n) is 5.71. The third-order valence-corrected chi connectivity index (χ3v) is 5.68. The van der Waals surface area contributed by atoms with Gasteiger partial charge in [0, 0.05) is 22.1 Å². The fraction of sp³-hybridized carbons (Fsp3) is 0.571. The van der Waals surface area contributed by atoms with Gasteiger partial charge in [0.05, 0.1) is 4.90 Å². The lowest BCUT2D eigenvalue weighted by Crippen LogP contribution is -2.49. The first-order valence-corrected chi connectivity index (χ1v) is 9.29. The van der Waals surface area contributed by atoms with Crippen molar-refractivity contribution in [2.75, 3.05) is 6.54 Å². The molecule has 0 bridgehead atoms. The van der Waals surface area contributed by atoms with Crippen molar-refractivity contribution in [1.82, 2.24) is 4.72 Å². The Hall–Kier alpha value is -0.330. The summed E-state index contributed by atoms with van der Waals surface area (Å²) < 4.78 is 27.2. The van der Waals surface area contributed by atoms with E-state index < -0.39 is 15.6 Å². The molecule has 2 rings (SSSR count). The Morgan fingerprint density at radius 3 is 2.10 bits per heavy atom. The summed E-state index contributed by atoms with van der Waals surface area (Å²) in [4.78, 5) is 0.0669. The van der Waals surface area contributed by atoms with Crippen molar-refractivity contribution in [3.63, 3.8) is 0 Å². The minimum absolute atomic E-state index is 0.0669. The normalized spacial score (nSPS) is 19.2. The lowest BCUT2D eigenvalue weighted by Gasteiger charge is -2.28. The van der Waals surface area contributed by atoms with Crippen LogP contribution in [0.25, 0.3) is 0 Å². The van der Waals surface area contributed by atoms with Crippen LogP contribution in [0.3, 0.4) is 0 Å². The second kappa shape index (κ2) is 6.84. The van der Waals surface area contributed by atoms with Gasteiger partial charge in [0.25, 0.3) is 0 Å². The van der Waals surface area contributed by atoms with Crippen molar-refractivity contribution in [2.45, 2.75) is 49.0 Å². The Kier molecular flexibility index (Phi) is 5.54. The Balaban J connectivity index is 2.10. The standard InChI is InChI=1S/C14H20Cl2N2O2S/c15-11-7-12(16)9-13(8-11)21(19,20)18-10-14(17)5-3-1-2-4-6-14/h7-9,18H,1-6,10,17H2. The van der Waals surface area contributed by atoms with Crippen LogP contribution in [0.4, 0.5) is 0 Å². The van der Waals surface area contributed by atoms with Crippen molar-refractivity contribution < 1.29 is 8.42 Å². The summed E-state index contributed by atoms with van der Waals surface area (Å²) in [5, 5.41) is 0.583. The molecule has 0 amide bonds. The summed E-state index contributed by atoms with van der Waals surface area (Å²) in [7, 11) is -3.65. The van der Waals surface area contributed by atoms with Gasteiger partial charge in [-0.15, -0.1) is 0 Å². The summed E-state index contributed by atoms with van der Waals surface area (Å²) in [5.41, 5.74) is 5.86. The molecular formula is C14H20Cl2N2O2S. The summed E-state index contributed by atoms with van der Waals surface area (Å²) >= 11 is 11.7. The molecule has 118 valence electrons. The number of rotatable bonds is 4. The summed E-state index contributed by atoms with van der Waals surface area (Å²) in [6, 6.07) is 4.26. The molecule has 0 heterocycles. The highest BCUT2D eigenvalue weighted by molar-refractivity contribution is 7.89. The van der Waals surface area contributed by atoms with Gasteiger partial charge in [0.2, 0.25) is 10.0 Å². The number of nitrogens with two attached hydrogens (primary N) is 1. The van der Waals surface area contributed by atoms with E-state index in [0.717, 1.165) is 38.5 Å². The quantitative estimate of drug-likeness (QED) is 0.818. The molecule has 1 fully saturated rings. The highest BCUT2D eigenvalue weighted by Gasteiger charge is 2.28. The lowest BCUT2D eigenvalue weighted by molar-refractivity contribution is 0.369. The van der Waals surface area contributed by atoms with E-state index in [1.807, 2.05) is 0 Å². The van der Waals surface area contributed by atoms with Gasteiger partial charge in [-0.25, -0.2) is 13.1 Å². The molecule has 1 saturated carbocycles. The fourth-order valence-electron chi connectivity index (χ4n) is 2.62. The highest BCUT2D eigenvalue weighted by atomic mass is 35.5. The molecule has 0 aromatic heterocycles. The molecule has 0 spiro atoms. The third-order valence-electron chi connectivity index (χ3n) is 3.86. The summed E-state index contributed by atoms with van der Waals surface area (Å²) in [6.45, 7) is 0.236. The van der Waals surface area contributed by atoms with Gasteiger partial charge < -0.3 is 5.73 Å². The van der Waals surface area contributed by atoms with Crippen LogP contribution in [0.2, 0.25) is 10.0 Å². The van der Waals surface area contributed by atoms with Crippen LogP contribution in [0.5, 0.6) is 0 Å². The van der Waals surface area contributed by atoms with E-state index in [2.05, 4.69) is 4.72 Å². The maximum absolute atomic E-state index is 12.3. The maximum Gasteiger partial charge on any atom is 0.240 e. The van der Waals surface area contributed by atoms with Gasteiger partial charge in [0.15, 0.2) is 0 Å². The van der Waals surface area contributed by atoms with Crippen molar-refractivity contribution in [1.29, 1.82) is 0 Å². The van der Waals surface area contributed by atoms with E-state index in [1.165, 1.54) is 18.2 Å². The molecule has 1 aromatic rings. The average molecular weight is 351 g/mol. The van der Waals surface area contributed by atoms with E-state index in [9.17, 15) is 8.42 Å². The highest BCUT2D eigenvalue weighted by Crippen LogP contribution is 2.26. The predicted molar refractivity (Wildman–Crippen MR) is 86.3 cm³/mol. The number of benzene rings is 1. The van der Waals surface area contributed by atoms with Crippen molar-refractivity contribution in [2.24, 2.45) is 5.73 Å². The number of nitrogens with one attached hydrogen (secondary N) is 1. The van der Waals surface area contributed by atoms with Gasteiger partial charge in [-0.2, -0.15) is 0 Å². The van der Waals surface area contributed by atoms with Gasteiger partial charge in [-0.3, -0.25) is 0 Å². The van der Waals surface area contributed by atoms with Crippen LogP contribution in [0.1, 0.15) is 38.5 Å². The van der Waals surface area contributed by atoms with E-state index in [1.54, 1.807) is 0 Å². The van der Waals surface area contributed by atoms with Crippen LogP contribution in [-0.2, 0) is 10.0 Å². The smallest absolute Gasteiger partial charge is 0.240 e. The average Bonchev–Trinajstić information content (AvgIpc) is 2.61. The Bertz CT molecular complexity index is 577. The van der Waals surface area contributed by atoms with Crippen LogP contribution in [-0.4, -0.2) is 20.5 Å². The SMILES string of the molecule is NC1(CNS(=O)(=O)c2cc(Cl)cc(Cl)c2)CCCCCC1. The molecule has 4 nitrogen and oxygen atoms in total. The van der Waals surface area contributed by atoms with E-state index >= 15 is 0 Å². The maximum atomic E-state index is 12.3. The molecule has 0 atom stereocenters. The summed E-state index contributed by atoms with van der Waals surface area (Å²) in [5.74, 6) is 0. The molecule has 1 aliphatic rings. The monoisotopic (exact) mass is 350 g/mol. The lowest BCUT2D eigenvalue weighted by atomic mass is 9.92. The minimum atomic E-state index is -3.65. The zero-order chi connectivity index (χ0) is 15.5. The van der Waals surface area contributed by atoms with Crippen molar-refractivity contribution in [3.05, 3.63) is 28.2 Å². The largest absolute Gasteiger partial charge is 0.324 e. The first-order chi connectivity index (χ1) is 9.81. The first-order valence-electron chi connectivity index (χ1n) is 7.05. The Morgan fingerprint density at radius 1 is 1.05 bits per heavy atom. The molecule has 21 heavy (non-hydrogen) atoms. The van der Waals surface area contributed by atoms with Crippen LogP contribution in [0, 0.1) is 0 Å². The van der Waals surface area contributed by atoms with Gasteiger partial charge in [-0.1, -0.05) is 48.9 Å². The van der Waals surface area contributed by atoms with E-state index in [4.69, 9.17) is 28.9 Å². The first kappa shape index (κ1) is 17.0. The predicted octanol–water partition coefficient (Wildman–Crippen LogP) is 3.32. The number of sulfonamides is 1. The zero-order valence-corrected chi connectivity index (χ0v) is 14.1. The zero-order valence-electron chi connectivity index (χ0n) is 11.7. The fourth-order valence-corrected chi connectivity index (χ4v) is 4.48. The molecular weight excluding hydrogens is 331 g/mol.